The Kier molecular flexibility index (Phi) is 5.28. The van der Waals surface area contributed by atoms with Crippen LogP contribution in [0.15, 0.2) is 17.1 Å². The molecule has 128 valence electrons. The van der Waals surface area contributed by atoms with Crippen molar-refractivity contribution in [1.82, 2.24) is 9.55 Å². The average Bonchev–Trinajstić information content (AvgIpc) is 2.77. The topological polar surface area (TPSA) is 103 Å². The second-order valence-corrected chi connectivity index (χ2v) is 6.52. The molecule has 0 radical (unpaired) electrons. The molecule has 1 aliphatic heterocycles. The molecule has 0 saturated carbocycles. The number of carbonyl (C=O) groups excluding carboxylic acids is 1. The summed E-state index contributed by atoms with van der Waals surface area (Å²) in [6.45, 7) is 5.19. The van der Waals surface area contributed by atoms with Crippen LogP contribution >= 0.6 is 11.6 Å². The highest BCUT2D eigenvalue weighted by molar-refractivity contribution is 6.18. The lowest BCUT2D eigenvalue weighted by Crippen LogP contribution is -2.30. The number of aliphatic hydroxyl groups is 1. The minimum absolute atomic E-state index is 0.0768. The zero-order valence-corrected chi connectivity index (χ0v) is 13.9. The molecule has 1 aliphatic rings. The van der Waals surface area contributed by atoms with Gasteiger partial charge in [0, 0.05) is 12.6 Å². The summed E-state index contributed by atoms with van der Waals surface area (Å²) in [5, 5.41) is 12.2. The van der Waals surface area contributed by atoms with Gasteiger partial charge in [0.25, 0.3) is 0 Å². The van der Waals surface area contributed by atoms with Crippen LogP contribution in [0.2, 0.25) is 0 Å². The summed E-state index contributed by atoms with van der Waals surface area (Å²) in [7, 11) is 0. The minimum Gasteiger partial charge on any atom is -0.444 e. The van der Waals surface area contributed by atoms with Crippen molar-refractivity contribution in [3.63, 3.8) is 0 Å². The van der Waals surface area contributed by atoms with E-state index in [2.05, 4.69) is 10.3 Å². The molecular weight excluding hydrogens is 326 g/mol. The predicted molar refractivity (Wildman–Crippen MR) is 83.6 cm³/mol. The van der Waals surface area contributed by atoms with Crippen molar-refractivity contribution < 1.29 is 19.4 Å². The standard InChI is InChI=1S/C14H20ClN3O5/c1-14(2,3)23-13(21)17-10-4-5-18(12(20)16-10)11-6-8(19)9(7-15)22-11/h4-5,8-9,11,19H,6-7H2,1-3H3,(H,16,17,20,21). The lowest BCUT2D eigenvalue weighted by molar-refractivity contribution is -0.00815. The molecule has 0 aliphatic carbocycles. The van der Waals surface area contributed by atoms with E-state index in [9.17, 15) is 14.7 Å². The fourth-order valence-corrected chi connectivity index (χ4v) is 2.41. The summed E-state index contributed by atoms with van der Waals surface area (Å²) in [5.74, 6) is 0.214. The first-order valence-electron chi connectivity index (χ1n) is 7.18. The number of hydrogen-bond acceptors (Lipinski definition) is 6. The molecule has 0 bridgehead atoms. The SMILES string of the molecule is CC(C)(C)OC(=O)Nc1ccn(C2CC(O)C(CCl)O2)c(=O)n1. The number of nitrogens with one attached hydrogen (secondary N) is 1. The van der Waals surface area contributed by atoms with E-state index in [1.165, 1.54) is 16.8 Å². The molecule has 1 aromatic heterocycles. The maximum Gasteiger partial charge on any atom is 0.413 e. The first-order chi connectivity index (χ1) is 10.7. The van der Waals surface area contributed by atoms with Crippen molar-refractivity contribution in [1.29, 1.82) is 0 Å². The van der Waals surface area contributed by atoms with E-state index in [0.29, 0.717) is 0 Å². The van der Waals surface area contributed by atoms with Gasteiger partial charge in [0.2, 0.25) is 0 Å². The van der Waals surface area contributed by atoms with E-state index < -0.39 is 35.8 Å². The second-order valence-electron chi connectivity index (χ2n) is 6.22. The molecule has 2 N–H and O–H groups in total. The third-order valence-electron chi connectivity index (χ3n) is 3.13. The van der Waals surface area contributed by atoms with Gasteiger partial charge in [-0.25, -0.2) is 9.59 Å². The fourth-order valence-electron chi connectivity index (χ4n) is 2.13. The molecule has 0 spiro atoms. The first-order valence-corrected chi connectivity index (χ1v) is 7.72. The number of alkyl halides is 1. The highest BCUT2D eigenvalue weighted by atomic mass is 35.5. The number of nitrogens with zero attached hydrogens (tertiary/aromatic N) is 2. The van der Waals surface area contributed by atoms with E-state index >= 15 is 0 Å². The van der Waals surface area contributed by atoms with Crippen LogP contribution in [0.3, 0.4) is 0 Å². The molecule has 1 amide bonds. The van der Waals surface area contributed by atoms with Crippen LogP contribution < -0.4 is 11.0 Å². The molecule has 1 aromatic rings. The highest BCUT2D eigenvalue weighted by Crippen LogP contribution is 2.28. The molecule has 8 nitrogen and oxygen atoms in total. The quantitative estimate of drug-likeness (QED) is 0.804. The van der Waals surface area contributed by atoms with E-state index in [1.54, 1.807) is 20.8 Å². The highest BCUT2D eigenvalue weighted by Gasteiger charge is 2.34. The first kappa shape index (κ1) is 17.7. The molecular formula is C14H20ClN3O5. The molecule has 2 rings (SSSR count). The summed E-state index contributed by atoms with van der Waals surface area (Å²) in [6.07, 6.45) is -0.897. The summed E-state index contributed by atoms with van der Waals surface area (Å²) < 4.78 is 11.8. The number of ether oxygens (including phenoxy) is 2. The van der Waals surface area contributed by atoms with Gasteiger partial charge in [-0.05, 0) is 26.8 Å². The van der Waals surface area contributed by atoms with E-state index in [1.807, 2.05) is 0 Å². The maximum absolute atomic E-state index is 12.1. The van der Waals surface area contributed by atoms with Gasteiger partial charge in [0.1, 0.15) is 17.6 Å². The van der Waals surface area contributed by atoms with Crippen molar-refractivity contribution in [3.8, 4) is 0 Å². The Morgan fingerprint density at radius 3 is 2.83 bits per heavy atom. The van der Waals surface area contributed by atoms with Crippen LogP contribution in [0.4, 0.5) is 10.6 Å². The van der Waals surface area contributed by atoms with Gasteiger partial charge in [0.05, 0.1) is 18.1 Å². The molecule has 2 heterocycles. The van der Waals surface area contributed by atoms with Gasteiger partial charge in [0.15, 0.2) is 0 Å². The Balaban J connectivity index is 2.07. The monoisotopic (exact) mass is 345 g/mol. The number of anilines is 1. The number of carbonyl (C=O) groups is 1. The predicted octanol–water partition coefficient (Wildman–Crippen LogP) is 1.48. The summed E-state index contributed by atoms with van der Waals surface area (Å²) in [4.78, 5) is 27.5. The smallest absolute Gasteiger partial charge is 0.413 e. The van der Waals surface area contributed by atoms with Crippen LogP contribution in [0, 0.1) is 0 Å². The normalized spacial score (nSPS) is 24.5. The number of rotatable bonds is 3. The molecule has 3 atom stereocenters. The van der Waals surface area contributed by atoms with Crippen molar-refractivity contribution >= 4 is 23.5 Å². The van der Waals surface area contributed by atoms with Gasteiger partial charge in [-0.3, -0.25) is 9.88 Å². The minimum atomic E-state index is -0.732. The van der Waals surface area contributed by atoms with Gasteiger partial charge < -0.3 is 14.6 Å². The zero-order chi connectivity index (χ0) is 17.2. The van der Waals surface area contributed by atoms with Gasteiger partial charge in [-0.2, -0.15) is 4.98 Å². The Hall–Kier alpha value is -1.64. The average molecular weight is 346 g/mol. The Morgan fingerprint density at radius 1 is 1.61 bits per heavy atom. The van der Waals surface area contributed by atoms with E-state index in [4.69, 9.17) is 21.1 Å². The number of halogens is 1. The van der Waals surface area contributed by atoms with Crippen molar-refractivity contribution in [2.24, 2.45) is 0 Å². The van der Waals surface area contributed by atoms with Crippen LogP contribution in [0.5, 0.6) is 0 Å². The lowest BCUT2D eigenvalue weighted by Gasteiger charge is -2.19. The molecule has 3 unspecified atom stereocenters. The lowest BCUT2D eigenvalue weighted by atomic mass is 10.2. The largest absolute Gasteiger partial charge is 0.444 e. The fraction of sp³-hybridized carbons (Fsp3) is 0.643. The Bertz CT molecular complexity index is 628. The summed E-state index contributed by atoms with van der Waals surface area (Å²) >= 11 is 5.68. The summed E-state index contributed by atoms with van der Waals surface area (Å²) in [6, 6.07) is 1.45. The van der Waals surface area contributed by atoms with Gasteiger partial charge >= 0.3 is 11.8 Å². The number of hydrogen-bond donors (Lipinski definition) is 2. The number of aliphatic hydroxyl groups excluding tert-OH is 1. The van der Waals surface area contributed by atoms with Crippen LogP contribution in [-0.2, 0) is 9.47 Å². The third kappa shape index (κ3) is 4.66. The van der Waals surface area contributed by atoms with Crippen LogP contribution in [-0.4, -0.2) is 44.4 Å². The summed E-state index contributed by atoms with van der Waals surface area (Å²) in [5.41, 5.74) is -1.25. The number of aromatic nitrogens is 2. The maximum atomic E-state index is 12.1. The second kappa shape index (κ2) is 6.86. The van der Waals surface area contributed by atoms with E-state index in [0.717, 1.165) is 0 Å². The van der Waals surface area contributed by atoms with E-state index in [-0.39, 0.29) is 18.1 Å². The molecule has 1 saturated heterocycles. The third-order valence-corrected chi connectivity index (χ3v) is 3.43. The number of amides is 1. The van der Waals surface area contributed by atoms with Gasteiger partial charge in [-0.1, -0.05) is 0 Å². The molecule has 1 fully saturated rings. The zero-order valence-electron chi connectivity index (χ0n) is 13.2. The van der Waals surface area contributed by atoms with Gasteiger partial charge in [-0.15, -0.1) is 11.6 Å². The Morgan fingerprint density at radius 2 is 2.30 bits per heavy atom. The van der Waals surface area contributed by atoms with Crippen LogP contribution in [0.25, 0.3) is 0 Å². The van der Waals surface area contributed by atoms with Crippen LogP contribution in [0.1, 0.15) is 33.4 Å². The molecule has 9 heteroatoms. The van der Waals surface area contributed by atoms with Crippen molar-refractivity contribution in [2.45, 2.75) is 51.2 Å². The van der Waals surface area contributed by atoms with Crippen molar-refractivity contribution in [2.75, 3.05) is 11.2 Å². The Labute approximate surface area is 138 Å². The van der Waals surface area contributed by atoms with Crippen molar-refractivity contribution in [3.05, 3.63) is 22.7 Å². The molecule has 23 heavy (non-hydrogen) atoms. The molecule has 0 aromatic carbocycles.